The first-order chi connectivity index (χ1) is 15.3. The highest BCUT2D eigenvalue weighted by Crippen LogP contribution is 2.27. The Bertz CT molecular complexity index is 1240. The Morgan fingerprint density at radius 3 is 2.53 bits per heavy atom. The number of rotatable bonds is 9. The van der Waals surface area contributed by atoms with Crippen LogP contribution in [0.4, 0.5) is 0 Å². The predicted molar refractivity (Wildman–Crippen MR) is 124 cm³/mol. The molecule has 0 radical (unpaired) electrons. The molecule has 0 fully saturated rings. The number of amides is 1. The van der Waals surface area contributed by atoms with Crippen molar-refractivity contribution in [1.82, 2.24) is 9.73 Å². The lowest BCUT2D eigenvalue weighted by Gasteiger charge is -2.16. The van der Waals surface area contributed by atoms with Crippen LogP contribution in [0.3, 0.4) is 0 Å². The van der Waals surface area contributed by atoms with Gasteiger partial charge in [-0.15, -0.1) is 0 Å². The topological polar surface area (TPSA) is 97.3 Å². The van der Waals surface area contributed by atoms with Gasteiger partial charge in [0.25, 0.3) is 5.91 Å². The SMILES string of the molecule is CCOc1ccc(C=NNC(=O)CN(C)S(=O)(=O)c2ccc3ccccc3c2)cc1OC. The summed E-state index contributed by atoms with van der Waals surface area (Å²) in [5, 5.41) is 5.64. The van der Waals surface area contributed by atoms with E-state index in [1.165, 1.54) is 26.4 Å². The number of methoxy groups -OCH3 is 1. The molecule has 1 amide bonds. The van der Waals surface area contributed by atoms with Crippen molar-refractivity contribution >= 4 is 32.9 Å². The van der Waals surface area contributed by atoms with Crippen molar-refractivity contribution in [2.45, 2.75) is 11.8 Å². The minimum absolute atomic E-state index is 0.122. The Kier molecular flexibility index (Phi) is 7.45. The lowest BCUT2D eigenvalue weighted by molar-refractivity contribution is -0.121. The van der Waals surface area contributed by atoms with Crippen molar-refractivity contribution in [3.63, 3.8) is 0 Å². The quantitative estimate of drug-likeness (QED) is 0.395. The molecule has 9 heteroatoms. The summed E-state index contributed by atoms with van der Waals surface area (Å²) in [5.74, 6) is 0.589. The van der Waals surface area contributed by atoms with Crippen molar-refractivity contribution < 1.29 is 22.7 Å². The molecule has 3 aromatic carbocycles. The summed E-state index contributed by atoms with van der Waals surface area (Å²) in [5.41, 5.74) is 3.03. The molecule has 0 aliphatic carbocycles. The Balaban J connectivity index is 1.63. The second-order valence-electron chi connectivity index (χ2n) is 6.91. The first-order valence-corrected chi connectivity index (χ1v) is 11.4. The van der Waals surface area contributed by atoms with Crippen molar-refractivity contribution in [3.05, 3.63) is 66.2 Å². The van der Waals surface area contributed by atoms with E-state index in [2.05, 4.69) is 10.5 Å². The number of nitrogens with one attached hydrogen (secondary N) is 1. The van der Waals surface area contributed by atoms with Gasteiger partial charge in [0.05, 0.1) is 31.4 Å². The summed E-state index contributed by atoms with van der Waals surface area (Å²) in [4.78, 5) is 12.3. The zero-order valence-corrected chi connectivity index (χ0v) is 18.9. The van der Waals surface area contributed by atoms with E-state index in [-0.39, 0.29) is 11.4 Å². The van der Waals surface area contributed by atoms with Crippen LogP contribution in [0.25, 0.3) is 10.8 Å². The molecule has 0 unspecified atom stereocenters. The largest absolute Gasteiger partial charge is 0.493 e. The van der Waals surface area contributed by atoms with Gasteiger partial charge in [0.15, 0.2) is 11.5 Å². The van der Waals surface area contributed by atoms with Crippen LogP contribution < -0.4 is 14.9 Å². The number of benzene rings is 3. The van der Waals surface area contributed by atoms with Crippen LogP contribution in [0, 0.1) is 0 Å². The van der Waals surface area contributed by atoms with Gasteiger partial charge in [0, 0.05) is 7.05 Å². The van der Waals surface area contributed by atoms with Crippen LogP contribution in [-0.4, -0.2) is 52.2 Å². The van der Waals surface area contributed by atoms with E-state index in [1.807, 2.05) is 31.2 Å². The Labute approximate surface area is 187 Å². The maximum absolute atomic E-state index is 12.8. The van der Waals surface area contributed by atoms with E-state index >= 15 is 0 Å². The van der Waals surface area contributed by atoms with Crippen LogP contribution in [0.5, 0.6) is 11.5 Å². The van der Waals surface area contributed by atoms with Gasteiger partial charge in [0.1, 0.15) is 0 Å². The molecule has 0 saturated carbocycles. The molecule has 0 aliphatic heterocycles. The summed E-state index contributed by atoms with van der Waals surface area (Å²) < 4.78 is 37.4. The third-order valence-corrected chi connectivity index (χ3v) is 6.49. The maximum atomic E-state index is 12.8. The first kappa shape index (κ1) is 23.2. The standard InChI is InChI=1S/C23H25N3O5S/c1-4-31-21-12-9-17(13-22(21)30-3)15-24-25-23(27)16-26(2)32(28,29)20-11-10-18-7-5-6-8-19(18)14-20/h5-15H,4,16H2,1-3H3,(H,25,27). The molecule has 0 aliphatic rings. The fraction of sp³-hybridized carbons (Fsp3) is 0.217. The Hall–Kier alpha value is -3.43. The summed E-state index contributed by atoms with van der Waals surface area (Å²) in [6, 6.07) is 17.6. The van der Waals surface area contributed by atoms with Crippen molar-refractivity contribution in [1.29, 1.82) is 0 Å². The molecule has 32 heavy (non-hydrogen) atoms. The number of fused-ring (bicyclic) bond motifs is 1. The molecule has 0 bridgehead atoms. The molecule has 8 nitrogen and oxygen atoms in total. The molecule has 3 rings (SSSR count). The summed E-state index contributed by atoms with van der Waals surface area (Å²) >= 11 is 0. The lowest BCUT2D eigenvalue weighted by atomic mass is 10.1. The average molecular weight is 456 g/mol. The number of hydrazone groups is 1. The highest BCUT2D eigenvalue weighted by Gasteiger charge is 2.23. The number of likely N-dealkylation sites (N-methyl/N-ethyl adjacent to an activating group) is 1. The monoisotopic (exact) mass is 455 g/mol. The molecular weight excluding hydrogens is 430 g/mol. The molecule has 0 spiro atoms. The van der Waals surface area contributed by atoms with Crippen LogP contribution in [0.15, 0.2) is 70.7 Å². The third kappa shape index (κ3) is 5.43. The van der Waals surface area contributed by atoms with Crippen LogP contribution in [0.1, 0.15) is 12.5 Å². The highest BCUT2D eigenvalue weighted by atomic mass is 32.2. The molecule has 0 heterocycles. The van der Waals surface area contributed by atoms with E-state index in [0.29, 0.717) is 23.7 Å². The maximum Gasteiger partial charge on any atom is 0.255 e. The van der Waals surface area contributed by atoms with Crippen LogP contribution in [-0.2, 0) is 14.8 Å². The van der Waals surface area contributed by atoms with E-state index in [9.17, 15) is 13.2 Å². The smallest absolute Gasteiger partial charge is 0.255 e. The minimum atomic E-state index is -3.83. The molecule has 168 valence electrons. The first-order valence-electron chi connectivity index (χ1n) is 9.93. The van der Waals surface area contributed by atoms with Crippen molar-refractivity contribution in [3.8, 4) is 11.5 Å². The highest BCUT2D eigenvalue weighted by molar-refractivity contribution is 7.89. The zero-order chi connectivity index (χ0) is 23.1. The molecule has 0 atom stereocenters. The molecule has 1 N–H and O–H groups in total. The van der Waals surface area contributed by atoms with Gasteiger partial charge in [-0.3, -0.25) is 4.79 Å². The Morgan fingerprint density at radius 2 is 1.81 bits per heavy atom. The summed E-state index contributed by atoms with van der Waals surface area (Å²) in [7, 11) is -0.945. The van der Waals surface area contributed by atoms with Gasteiger partial charge in [-0.2, -0.15) is 9.41 Å². The number of hydrogen-bond acceptors (Lipinski definition) is 6. The van der Waals surface area contributed by atoms with E-state index in [0.717, 1.165) is 15.1 Å². The second kappa shape index (κ2) is 10.3. The van der Waals surface area contributed by atoms with Crippen LogP contribution >= 0.6 is 0 Å². The number of nitrogens with zero attached hydrogens (tertiary/aromatic N) is 2. The fourth-order valence-electron chi connectivity index (χ4n) is 3.05. The molecule has 0 aromatic heterocycles. The Morgan fingerprint density at radius 1 is 1.06 bits per heavy atom. The predicted octanol–water partition coefficient (Wildman–Crippen LogP) is 3.02. The van der Waals surface area contributed by atoms with Gasteiger partial charge < -0.3 is 9.47 Å². The van der Waals surface area contributed by atoms with Gasteiger partial charge in [0.2, 0.25) is 10.0 Å². The summed E-state index contributed by atoms with van der Waals surface area (Å²) in [6.07, 6.45) is 1.44. The second-order valence-corrected chi connectivity index (χ2v) is 8.95. The minimum Gasteiger partial charge on any atom is -0.493 e. The van der Waals surface area contributed by atoms with E-state index < -0.39 is 15.9 Å². The number of carbonyl (C=O) groups is 1. The molecule has 3 aromatic rings. The van der Waals surface area contributed by atoms with Gasteiger partial charge in [-0.05, 0) is 53.6 Å². The fourth-order valence-corrected chi connectivity index (χ4v) is 4.21. The normalized spacial score (nSPS) is 11.8. The van der Waals surface area contributed by atoms with E-state index in [1.54, 1.807) is 30.3 Å². The number of hydrogen-bond donors (Lipinski definition) is 1. The van der Waals surface area contributed by atoms with Crippen LogP contribution in [0.2, 0.25) is 0 Å². The van der Waals surface area contributed by atoms with Crippen molar-refractivity contribution in [2.24, 2.45) is 5.10 Å². The average Bonchev–Trinajstić information content (AvgIpc) is 2.79. The number of sulfonamides is 1. The third-order valence-electron chi connectivity index (χ3n) is 4.69. The van der Waals surface area contributed by atoms with Gasteiger partial charge in [-0.25, -0.2) is 13.8 Å². The number of ether oxygens (including phenoxy) is 2. The zero-order valence-electron chi connectivity index (χ0n) is 18.1. The molecular formula is C23H25N3O5S. The van der Waals surface area contributed by atoms with Gasteiger partial charge >= 0.3 is 0 Å². The van der Waals surface area contributed by atoms with Gasteiger partial charge in [-0.1, -0.05) is 30.3 Å². The number of carbonyl (C=O) groups excluding carboxylic acids is 1. The molecule has 0 saturated heterocycles. The lowest BCUT2D eigenvalue weighted by Crippen LogP contribution is -2.36. The van der Waals surface area contributed by atoms with E-state index in [4.69, 9.17) is 9.47 Å². The summed E-state index contributed by atoms with van der Waals surface area (Å²) in [6.45, 7) is 2.01. The van der Waals surface area contributed by atoms with Crippen molar-refractivity contribution in [2.75, 3.05) is 27.3 Å².